The maximum absolute atomic E-state index is 6.31. The molecule has 1 nitrogen and oxygen atoms in total. The molecule has 0 spiro atoms. The molecular formula is C18H21Cl2N. The molecule has 3 heteroatoms. The van der Waals surface area contributed by atoms with Crippen molar-refractivity contribution in [3.63, 3.8) is 0 Å². The van der Waals surface area contributed by atoms with E-state index in [9.17, 15) is 0 Å². The summed E-state index contributed by atoms with van der Waals surface area (Å²) in [7, 11) is 0. The number of aryl methyl sites for hydroxylation is 1. The average Bonchev–Trinajstić information content (AvgIpc) is 2.44. The molecule has 0 aliphatic heterocycles. The van der Waals surface area contributed by atoms with E-state index < -0.39 is 0 Å². The molecule has 2 aromatic rings. The predicted molar refractivity (Wildman–Crippen MR) is 92.5 cm³/mol. The highest BCUT2D eigenvalue weighted by molar-refractivity contribution is 6.42. The summed E-state index contributed by atoms with van der Waals surface area (Å²) in [6.07, 6.45) is 1.86. The van der Waals surface area contributed by atoms with Crippen LogP contribution in [0.4, 0.5) is 0 Å². The largest absolute Gasteiger partial charge is 0.314 e. The Bertz CT molecular complexity index is 596. The van der Waals surface area contributed by atoms with E-state index >= 15 is 0 Å². The van der Waals surface area contributed by atoms with Gasteiger partial charge in [0.15, 0.2) is 0 Å². The van der Waals surface area contributed by atoms with Gasteiger partial charge in [-0.15, -0.1) is 0 Å². The van der Waals surface area contributed by atoms with Crippen molar-refractivity contribution in [2.75, 3.05) is 6.54 Å². The van der Waals surface area contributed by atoms with Gasteiger partial charge in [-0.1, -0.05) is 72.1 Å². The van der Waals surface area contributed by atoms with Gasteiger partial charge in [0.2, 0.25) is 0 Å². The lowest BCUT2D eigenvalue weighted by atomic mass is 9.98. The second kappa shape index (κ2) is 7.84. The Labute approximate surface area is 137 Å². The van der Waals surface area contributed by atoms with Gasteiger partial charge >= 0.3 is 0 Å². The van der Waals surface area contributed by atoms with Crippen molar-refractivity contribution in [2.45, 2.75) is 32.7 Å². The van der Waals surface area contributed by atoms with E-state index in [1.807, 2.05) is 12.1 Å². The topological polar surface area (TPSA) is 12.0 Å². The van der Waals surface area contributed by atoms with Gasteiger partial charge in [-0.05, 0) is 43.5 Å². The fourth-order valence-electron chi connectivity index (χ4n) is 2.60. The maximum atomic E-state index is 6.31. The highest BCUT2D eigenvalue weighted by atomic mass is 35.5. The minimum Gasteiger partial charge on any atom is -0.314 e. The van der Waals surface area contributed by atoms with Crippen LogP contribution in [0.2, 0.25) is 10.0 Å². The lowest BCUT2D eigenvalue weighted by molar-refractivity contribution is 0.521. The third kappa shape index (κ3) is 4.74. The average molecular weight is 322 g/mol. The molecule has 112 valence electrons. The van der Waals surface area contributed by atoms with Crippen LogP contribution in [0.15, 0.2) is 42.5 Å². The first-order valence-electron chi connectivity index (χ1n) is 7.32. The van der Waals surface area contributed by atoms with Crippen LogP contribution in [0.5, 0.6) is 0 Å². The van der Waals surface area contributed by atoms with Gasteiger partial charge in [-0.2, -0.15) is 0 Å². The van der Waals surface area contributed by atoms with Gasteiger partial charge < -0.3 is 5.32 Å². The Hall–Kier alpha value is -1.02. The van der Waals surface area contributed by atoms with E-state index in [-0.39, 0.29) is 0 Å². The van der Waals surface area contributed by atoms with Crippen molar-refractivity contribution in [2.24, 2.45) is 0 Å². The zero-order chi connectivity index (χ0) is 15.2. The van der Waals surface area contributed by atoms with Crippen LogP contribution in [0.1, 0.15) is 23.6 Å². The predicted octanol–water partition coefficient (Wildman–Crippen LogP) is 5.07. The molecule has 1 atom stereocenters. The molecule has 21 heavy (non-hydrogen) atoms. The summed E-state index contributed by atoms with van der Waals surface area (Å²) in [4.78, 5) is 0. The Morgan fingerprint density at radius 3 is 2.52 bits per heavy atom. The van der Waals surface area contributed by atoms with Crippen LogP contribution in [-0.4, -0.2) is 12.6 Å². The van der Waals surface area contributed by atoms with Gasteiger partial charge in [-0.3, -0.25) is 0 Å². The standard InChI is InChI=1S/C18H21Cl2N/c1-3-21-16(11-14-7-4-6-13(2)10-14)12-15-8-5-9-17(19)18(15)20/h4-10,16,21H,3,11-12H2,1-2H3. The second-order valence-corrected chi connectivity index (χ2v) is 6.15. The smallest absolute Gasteiger partial charge is 0.0624 e. The van der Waals surface area contributed by atoms with E-state index in [2.05, 4.69) is 49.5 Å². The molecule has 0 aliphatic rings. The summed E-state index contributed by atoms with van der Waals surface area (Å²) in [6.45, 7) is 5.19. The third-order valence-corrected chi connectivity index (χ3v) is 4.41. The van der Waals surface area contributed by atoms with Gasteiger partial charge in [0.1, 0.15) is 0 Å². The first kappa shape index (κ1) is 16.4. The molecule has 0 aliphatic carbocycles. The molecule has 2 rings (SSSR count). The summed E-state index contributed by atoms with van der Waals surface area (Å²) in [5, 5.41) is 4.84. The molecule has 0 fully saturated rings. The van der Waals surface area contributed by atoms with Crippen molar-refractivity contribution < 1.29 is 0 Å². The molecular weight excluding hydrogens is 301 g/mol. The Kier molecular flexibility index (Phi) is 6.10. The van der Waals surface area contributed by atoms with Gasteiger partial charge in [-0.25, -0.2) is 0 Å². The summed E-state index contributed by atoms with van der Waals surface area (Å²) in [5.74, 6) is 0. The summed E-state index contributed by atoms with van der Waals surface area (Å²) >= 11 is 12.4. The highest BCUT2D eigenvalue weighted by Gasteiger charge is 2.13. The molecule has 1 N–H and O–H groups in total. The molecule has 0 bridgehead atoms. The minimum absolute atomic E-state index is 0.354. The lowest BCUT2D eigenvalue weighted by Gasteiger charge is -2.19. The number of halogens is 2. The second-order valence-electron chi connectivity index (χ2n) is 5.36. The van der Waals surface area contributed by atoms with Crippen LogP contribution in [0.25, 0.3) is 0 Å². The number of benzene rings is 2. The van der Waals surface area contributed by atoms with Crippen LogP contribution in [0, 0.1) is 6.92 Å². The zero-order valence-corrected chi connectivity index (χ0v) is 14.0. The monoisotopic (exact) mass is 321 g/mol. The summed E-state index contributed by atoms with van der Waals surface area (Å²) in [5.41, 5.74) is 3.74. The summed E-state index contributed by atoms with van der Waals surface area (Å²) in [6, 6.07) is 14.8. The zero-order valence-electron chi connectivity index (χ0n) is 12.5. The van der Waals surface area contributed by atoms with Gasteiger partial charge in [0.05, 0.1) is 10.0 Å². The number of hydrogen-bond donors (Lipinski definition) is 1. The molecule has 0 saturated carbocycles. The Morgan fingerprint density at radius 2 is 1.81 bits per heavy atom. The van der Waals surface area contributed by atoms with E-state index in [0.717, 1.165) is 24.9 Å². The van der Waals surface area contributed by atoms with Crippen molar-refractivity contribution in [3.8, 4) is 0 Å². The van der Waals surface area contributed by atoms with E-state index in [0.29, 0.717) is 16.1 Å². The number of likely N-dealkylation sites (N-methyl/N-ethyl adjacent to an activating group) is 1. The van der Waals surface area contributed by atoms with Crippen molar-refractivity contribution in [3.05, 3.63) is 69.2 Å². The third-order valence-electron chi connectivity index (χ3n) is 3.56. The van der Waals surface area contributed by atoms with E-state index in [4.69, 9.17) is 23.2 Å². The lowest BCUT2D eigenvalue weighted by Crippen LogP contribution is -2.33. The molecule has 2 aromatic carbocycles. The minimum atomic E-state index is 0.354. The fraction of sp³-hybridized carbons (Fsp3) is 0.333. The van der Waals surface area contributed by atoms with Crippen LogP contribution >= 0.6 is 23.2 Å². The van der Waals surface area contributed by atoms with E-state index in [1.54, 1.807) is 0 Å². The highest BCUT2D eigenvalue weighted by Crippen LogP contribution is 2.26. The normalized spacial score (nSPS) is 12.4. The molecule has 0 radical (unpaired) electrons. The van der Waals surface area contributed by atoms with Crippen LogP contribution < -0.4 is 5.32 Å². The van der Waals surface area contributed by atoms with E-state index in [1.165, 1.54) is 11.1 Å². The van der Waals surface area contributed by atoms with Crippen molar-refractivity contribution in [1.29, 1.82) is 0 Å². The first-order valence-corrected chi connectivity index (χ1v) is 8.07. The van der Waals surface area contributed by atoms with Crippen LogP contribution in [0.3, 0.4) is 0 Å². The van der Waals surface area contributed by atoms with Crippen molar-refractivity contribution in [1.82, 2.24) is 5.32 Å². The Balaban J connectivity index is 2.13. The number of hydrogen-bond acceptors (Lipinski definition) is 1. The summed E-state index contributed by atoms with van der Waals surface area (Å²) < 4.78 is 0. The van der Waals surface area contributed by atoms with Crippen molar-refractivity contribution >= 4 is 23.2 Å². The molecule has 1 unspecified atom stereocenters. The number of nitrogens with one attached hydrogen (secondary N) is 1. The van der Waals surface area contributed by atoms with Gasteiger partial charge in [0.25, 0.3) is 0 Å². The first-order chi connectivity index (χ1) is 10.1. The molecule has 0 aromatic heterocycles. The van der Waals surface area contributed by atoms with Gasteiger partial charge in [0, 0.05) is 6.04 Å². The quantitative estimate of drug-likeness (QED) is 0.783. The maximum Gasteiger partial charge on any atom is 0.0624 e. The molecule has 0 amide bonds. The van der Waals surface area contributed by atoms with Crippen LogP contribution in [-0.2, 0) is 12.8 Å². The molecule has 0 saturated heterocycles. The fourth-order valence-corrected chi connectivity index (χ4v) is 3.00. The Morgan fingerprint density at radius 1 is 1.05 bits per heavy atom. The molecule has 0 heterocycles. The number of rotatable bonds is 6. The SMILES string of the molecule is CCNC(Cc1cccc(C)c1)Cc1cccc(Cl)c1Cl.